The van der Waals surface area contributed by atoms with Crippen LogP contribution in [0.2, 0.25) is 0 Å². The zero-order chi connectivity index (χ0) is 13.3. The van der Waals surface area contributed by atoms with Crippen molar-refractivity contribution in [3.63, 3.8) is 0 Å². The van der Waals surface area contributed by atoms with E-state index in [0.717, 1.165) is 12.8 Å². The number of rotatable bonds is 5. The van der Waals surface area contributed by atoms with Gasteiger partial charge in [0.2, 0.25) is 0 Å². The quantitative estimate of drug-likeness (QED) is 0.836. The van der Waals surface area contributed by atoms with E-state index in [2.05, 4.69) is 5.32 Å². The molecule has 2 N–H and O–H groups in total. The van der Waals surface area contributed by atoms with Gasteiger partial charge in [0.15, 0.2) is 5.76 Å². The van der Waals surface area contributed by atoms with Crippen molar-refractivity contribution in [2.75, 3.05) is 0 Å². The number of nitrogens with one attached hydrogen (secondary N) is 1. The standard InChI is InChI=1S/C13H17NO4/c1-3-9-6-7-10(18-9)11(15)14-13(2,12(16)17)8-4-5-8/h6-8H,3-5H2,1-2H3,(H,14,15)(H,16,17). The van der Waals surface area contributed by atoms with Gasteiger partial charge in [-0.15, -0.1) is 0 Å². The summed E-state index contributed by atoms with van der Waals surface area (Å²) in [6.45, 7) is 3.47. The Balaban J connectivity index is 2.12. The zero-order valence-corrected chi connectivity index (χ0v) is 10.5. The number of amides is 1. The van der Waals surface area contributed by atoms with Gasteiger partial charge in [0.25, 0.3) is 5.91 Å². The summed E-state index contributed by atoms with van der Waals surface area (Å²) in [4.78, 5) is 23.2. The monoisotopic (exact) mass is 251 g/mol. The van der Waals surface area contributed by atoms with E-state index in [4.69, 9.17) is 4.42 Å². The zero-order valence-electron chi connectivity index (χ0n) is 10.5. The van der Waals surface area contributed by atoms with Crippen LogP contribution in [0.5, 0.6) is 0 Å². The van der Waals surface area contributed by atoms with Gasteiger partial charge in [-0.1, -0.05) is 6.92 Å². The normalized spacial score (nSPS) is 18.1. The van der Waals surface area contributed by atoms with E-state index >= 15 is 0 Å². The van der Waals surface area contributed by atoms with E-state index in [9.17, 15) is 14.7 Å². The topological polar surface area (TPSA) is 79.5 Å². The molecule has 0 saturated heterocycles. The first-order valence-corrected chi connectivity index (χ1v) is 6.12. The van der Waals surface area contributed by atoms with Crippen molar-refractivity contribution in [2.24, 2.45) is 5.92 Å². The maximum Gasteiger partial charge on any atom is 0.329 e. The third kappa shape index (κ3) is 2.25. The largest absolute Gasteiger partial charge is 0.480 e. The average molecular weight is 251 g/mol. The third-order valence-corrected chi connectivity index (χ3v) is 3.45. The molecule has 1 unspecified atom stereocenters. The molecule has 1 saturated carbocycles. The molecular formula is C13H17NO4. The highest BCUT2D eigenvalue weighted by Crippen LogP contribution is 2.39. The number of aliphatic carboxylic acids is 1. The predicted molar refractivity (Wildman–Crippen MR) is 64.3 cm³/mol. The number of hydrogen-bond donors (Lipinski definition) is 2. The number of carbonyl (C=O) groups is 2. The molecule has 98 valence electrons. The molecular weight excluding hydrogens is 234 g/mol. The first-order chi connectivity index (χ1) is 8.47. The third-order valence-electron chi connectivity index (χ3n) is 3.45. The highest BCUT2D eigenvalue weighted by Gasteiger charge is 2.48. The van der Waals surface area contributed by atoms with E-state index in [1.54, 1.807) is 19.1 Å². The van der Waals surface area contributed by atoms with Gasteiger partial charge in [-0.25, -0.2) is 4.79 Å². The van der Waals surface area contributed by atoms with Crippen LogP contribution in [-0.2, 0) is 11.2 Å². The van der Waals surface area contributed by atoms with Crippen LogP contribution in [0.3, 0.4) is 0 Å². The summed E-state index contributed by atoms with van der Waals surface area (Å²) in [6, 6.07) is 3.30. The number of carboxylic acids is 1. The Kier molecular flexibility index (Phi) is 3.15. The fraction of sp³-hybridized carbons (Fsp3) is 0.538. The van der Waals surface area contributed by atoms with Crippen LogP contribution in [0, 0.1) is 5.92 Å². The lowest BCUT2D eigenvalue weighted by molar-refractivity contribution is -0.144. The summed E-state index contributed by atoms with van der Waals surface area (Å²) >= 11 is 0. The number of aryl methyl sites for hydroxylation is 1. The van der Waals surface area contributed by atoms with Crippen molar-refractivity contribution in [3.8, 4) is 0 Å². The summed E-state index contributed by atoms with van der Waals surface area (Å²) in [5, 5.41) is 11.8. The van der Waals surface area contributed by atoms with E-state index in [1.807, 2.05) is 6.92 Å². The Bertz CT molecular complexity index is 475. The summed E-state index contributed by atoms with van der Waals surface area (Å²) in [5.74, 6) is -0.574. The molecule has 0 spiro atoms. The van der Waals surface area contributed by atoms with Gasteiger partial charge in [-0.3, -0.25) is 4.79 Å². The Morgan fingerprint density at radius 1 is 1.50 bits per heavy atom. The minimum Gasteiger partial charge on any atom is -0.480 e. The highest BCUT2D eigenvalue weighted by atomic mass is 16.4. The van der Waals surface area contributed by atoms with Gasteiger partial charge in [0.05, 0.1) is 0 Å². The lowest BCUT2D eigenvalue weighted by atomic mass is 9.96. The second kappa shape index (κ2) is 4.48. The molecule has 1 aromatic rings. The van der Waals surface area contributed by atoms with E-state index in [0.29, 0.717) is 12.2 Å². The van der Waals surface area contributed by atoms with Crippen LogP contribution in [0.15, 0.2) is 16.5 Å². The molecule has 1 amide bonds. The Morgan fingerprint density at radius 3 is 2.61 bits per heavy atom. The maximum atomic E-state index is 12.0. The van der Waals surface area contributed by atoms with Crippen LogP contribution in [-0.4, -0.2) is 22.5 Å². The summed E-state index contributed by atoms with van der Waals surface area (Å²) in [5.41, 5.74) is -1.20. The van der Waals surface area contributed by atoms with Gasteiger partial charge in [0, 0.05) is 6.42 Å². The Labute approximate surface area is 105 Å². The van der Waals surface area contributed by atoms with Crippen LogP contribution in [0.25, 0.3) is 0 Å². The van der Waals surface area contributed by atoms with Crippen molar-refractivity contribution in [1.29, 1.82) is 0 Å². The number of hydrogen-bond acceptors (Lipinski definition) is 3. The lowest BCUT2D eigenvalue weighted by Crippen LogP contribution is -2.53. The summed E-state index contributed by atoms with van der Waals surface area (Å²) < 4.78 is 5.32. The molecule has 1 fully saturated rings. The van der Waals surface area contributed by atoms with Crippen LogP contribution in [0.1, 0.15) is 43.0 Å². The summed E-state index contributed by atoms with van der Waals surface area (Å²) in [6.07, 6.45) is 2.37. The minimum absolute atomic E-state index is 0.0135. The second-order valence-electron chi connectivity index (χ2n) is 4.86. The molecule has 1 heterocycles. The Morgan fingerprint density at radius 2 is 2.17 bits per heavy atom. The molecule has 5 nitrogen and oxygen atoms in total. The first-order valence-electron chi connectivity index (χ1n) is 6.12. The SMILES string of the molecule is CCc1ccc(C(=O)NC(C)(C(=O)O)C2CC2)o1. The van der Waals surface area contributed by atoms with E-state index in [1.165, 1.54) is 0 Å². The first kappa shape index (κ1) is 12.7. The van der Waals surface area contributed by atoms with Gasteiger partial charge in [-0.2, -0.15) is 0 Å². The molecule has 1 atom stereocenters. The van der Waals surface area contributed by atoms with Crippen molar-refractivity contribution in [2.45, 2.75) is 38.6 Å². The fourth-order valence-electron chi connectivity index (χ4n) is 1.98. The van der Waals surface area contributed by atoms with Crippen molar-refractivity contribution < 1.29 is 19.1 Å². The Hall–Kier alpha value is -1.78. The van der Waals surface area contributed by atoms with Crippen LogP contribution in [0.4, 0.5) is 0 Å². The van der Waals surface area contributed by atoms with Crippen LogP contribution >= 0.6 is 0 Å². The number of carboxylic acid groups (broad SMARTS) is 1. The van der Waals surface area contributed by atoms with Gasteiger partial charge in [-0.05, 0) is 37.8 Å². The second-order valence-corrected chi connectivity index (χ2v) is 4.86. The van der Waals surface area contributed by atoms with Crippen LogP contribution < -0.4 is 5.32 Å². The fourth-order valence-corrected chi connectivity index (χ4v) is 1.98. The molecule has 18 heavy (non-hydrogen) atoms. The molecule has 1 aromatic heterocycles. The van der Waals surface area contributed by atoms with Gasteiger partial charge in [0.1, 0.15) is 11.3 Å². The van der Waals surface area contributed by atoms with Gasteiger partial charge >= 0.3 is 5.97 Å². The molecule has 5 heteroatoms. The molecule has 1 aliphatic carbocycles. The summed E-state index contributed by atoms with van der Waals surface area (Å²) in [7, 11) is 0. The lowest BCUT2D eigenvalue weighted by Gasteiger charge is -2.25. The minimum atomic E-state index is -1.20. The molecule has 0 aromatic carbocycles. The van der Waals surface area contributed by atoms with Crippen molar-refractivity contribution in [3.05, 3.63) is 23.7 Å². The van der Waals surface area contributed by atoms with Crippen molar-refractivity contribution in [1.82, 2.24) is 5.32 Å². The van der Waals surface area contributed by atoms with Crippen molar-refractivity contribution >= 4 is 11.9 Å². The van der Waals surface area contributed by atoms with E-state index in [-0.39, 0.29) is 11.7 Å². The maximum absolute atomic E-state index is 12.0. The molecule has 0 aliphatic heterocycles. The average Bonchev–Trinajstić information content (AvgIpc) is 3.07. The number of furan rings is 1. The smallest absolute Gasteiger partial charge is 0.329 e. The molecule has 2 rings (SSSR count). The highest BCUT2D eigenvalue weighted by molar-refractivity contribution is 5.96. The molecule has 0 bridgehead atoms. The number of carbonyl (C=O) groups excluding carboxylic acids is 1. The molecule has 0 radical (unpaired) electrons. The van der Waals surface area contributed by atoms with Gasteiger partial charge < -0.3 is 14.8 Å². The predicted octanol–water partition coefficient (Wildman–Crippen LogP) is 1.83. The molecule has 1 aliphatic rings. The van der Waals surface area contributed by atoms with E-state index < -0.39 is 17.4 Å².